The Balaban J connectivity index is 1.26. The monoisotopic (exact) mass is 450 g/mol. The van der Waals surface area contributed by atoms with E-state index in [1.54, 1.807) is 12.1 Å². The first kappa shape index (κ1) is 21.6. The van der Waals surface area contributed by atoms with Gasteiger partial charge < -0.3 is 10.6 Å². The second-order valence-electron chi connectivity index (χ2n) is 8.56. The highest BCUT2D eigenvalue weighted by Gasteiger charge is 2.42. The molecule has 2 saturated heterocycles. The van der Waals surface area contributed by atoms with Gasteiger partial charge in [0, 0.05) is 41.7 Å². The number of carbonyl (C=O) groups is 1. The van der Waals surface area contributed by atoms with Gasteiger partial charge in [-0.05, 0) is 51.0 Å². The standard InChI is InChI=1S/C21H30N4O3S2/c1-14-4-3-5-15(2)25(14)11-10-22-20(26)16-6-8-17(9-7-16)23-21-24-18-12-30(27,28)13-19(18)29-21/h6-9,14-15,18-19H,3-5,10-13H2,1-2H3,(H,22,26)(H,23,24)/t14?,15?,18-,19+/m1/s1. The number of nitrogens with zero attached hydrogens (tertiary/aromatic N) is 2. The first-order valence-corrected chi connectivity index (χ1v) is 13.4. The molecule has 1 aromatic carbocycles. The number of rotatable bonds is 5. The number of thioether (sulfide) groups is 1. The van der Waals surface area contributed by atoms with E-state index in [9.17, 15) is 13.2 Å². The van der Waals surface area contributed by atoms with Crippen LogP contribution in [0.5, 0.6) is 0 Å². The van der Waals surface area contributed by atoms with Crippen LogP contribution in [-0.2, 0) is 9.84 Å². The molecule has 30 heavy (non-hydrogen) atoms. The van der Waals surface area contributed by atoms with Gasteiger partial charge in [-0.25, -0.2) is 8.42 Å². The Morgan fingerprint density at radius 3 is 2.53 bits per heavy atom. The van der Waals surface area contributed by atoms with Gasteiger partial charge in [-0.2, -0.15) is 0 Å². The van der Waals surface area contributed by atoms with Crippen LogP contribution in [0.3, 0.4) is 0 Å². The predicted molar refractivity (Wildman–Crippen MR) is 123 cm³/mol. The Labute approximate surface area is 183 Å². The summed E-state index contributed by atoms with van der Waals surface area (Å²) >= 11 is 1.49. The molecule has 2 unspecified atom stereocenters. The molecule has 2 fully saturated rings. The molecule has 3 aliphatic rings. The lowest BCUT2D eigenvalue weighted by molar-refractivity contribution is 0.0889. The number of fused-ring (bicyclic) bond motifs is 1. The average molecular weight is 451 g/mol. The van der Waals surface area contributed by atoms with Crippen LogP contribution >= 0.6 is 11.8 Å². The van der Waals surface area contributed by atoms with Crippen molar-refractivity contribution in [3.63, 3.8) is 0 Å². The largest absolute Gasteiger partial charge is 0.351 e. The highest BCUT2D eigenvalue weighted by molar-refractivity contribution is 8.15. The lowest BCUT2D eigenvalue weighted by Gasteiger charge is -2.39. The number of amides is 1. The number of nitrogens with one attached hydrogen (secondary N) is 2. The van der Waals surface area contributed by atoms with Crippen molar-refractivity contribution >= 4 is 38.4 Å². The topological polar surface area (TPSA) is 90.9 Å². The minimum atomic E-state index is -2.94. The summed E-state index contributed by atoms with van der Waals surface area (Å²) in [6.07, 6.45) is 3.75. The van der Waals surface area contributed by atoms with E-state index in [0.29, 0.717) is 24.2 Å². The van der Waals surface area contributed by atoms with Crippen LogP contribution < -0.4 is 10.6 Å². The zero-order valence-corrected chi connectivity index (χ0v) is 19.1. The Morgan fingerprint density at radius 1 is 1.17 bits per heavy atom. The molecule has 0 spiro atoms. The SMILES string of the molecule is CC1CCCC(C)N1CCNC(=O)c1ccc(NC2=N[C@@H]3CS(=O)(=O)C[C@@H]3S2)cc1. The van der Waals surface area contributed by atoms with Gasteiger partial charge in [-0.15, -0.1) is 0 Å². The van der Waals surface area contributed by atoms with Crippen LogP contribution in [0.25, 0.3) is 0 Å². The number of hydrogen-bond donors (Lipinski definition) is 2. The number of aliphatic imine (C=N–C) groups is 1. The highest BCUT2D eigenvalue weighted by Crippen LogP contribution is 2.34. The van der Waals surface area contributed by atoms with Gasteiger partial charge in [-0.3, -0.25) is 14.7 Å². The van der Waals surface area contributed by atoms with Crippen molar-refractivity contribution in [3.8, 4) is 0 Å². The quantitative estimate of drug-likeness (QED) is 0.716. The van der Waals surface area contributed by atoms with Gasteiger partial charge in [-0.1, -0.05) is 18.2 Å². The maximum absolute atomic E-state index is 12.5. The summed E-state index contributed by atoms with van der Waals surface area (Å²) in [7, 11) is -2.94. The summed E-state index contributed by atoms with van der Waals surface area (Å²) in [5, 5.41) is 7.04. The Kier molecular flexibility index (Phi) is 6.41. The highest BCUT2D eigenvalue weighted by atomic mass is 32.2. The second kappa shape index (κ2) is 8.88. The molecule has 0 aromatic heterocycles. The van der Waals surface area contributed by atoms with Crippen molar-refractivity contribution < 1.29 is 13.2 Å². The van der Waals surface area contributed by atoms with E-state index in [1.165, 1.54) is 31.0 Å². The first-order chi connectivity index (χ1) is 14.3. The van der Waals surface area contributed by atoms with E-state index in [2.05, 4.69) is 34.4 Å². The fourth-order valence-corrected chi connectivity index (χ4v) is 8.24. The van der Waals surface area contributed by atoms with E-state index < -0.39 is 9.84 Å². The molecular weight excluding hydrogens is 420 g/mol. The molecule has 0 aliphatic carbocycles. The van der Waals surface area contributed by atoms with Crippen LogP contribution in [0.2, 0.25) is 0 Å². The lowest BCUT2D eigenvalue weighted by atomic mass is 9.98. The third-order valence-corrected chi connectivity index (χ3v) is 9.39. The second-order valence-corrected chi connectivity index (χ2v) is 11.9. The number of sulfone groups is 1. The molecule has 4 rings (SSSR count). The molecule has 0 saturated carbocycles. The normalized spacial score (nSPS) is 30.5. The fourth-order valence-electron chi connectivity index (χ4n) is 4.56. The van der Waals surface area contributed by atoms with E-state index in [0.717, 1.165) is 17.4 Å². The summed E-state index contributed by atoms with van der Waals surface area (Å²) in [6.45, 7) is 6.06. The number of hydrogen-bond acceptors (Lipinski definition) is 7. The fraction of sp³-hybridized carbons (Fsp3) is 0.619. The van der Waals surface area contributed by atoms with Gasteiger partial charge in [0.15, 0.2) is 15.0 Å². The minimum Gasteiger partial charge on any atom is -0.351 e. The maximum atomic E-state index is 12.5. The smallest absolute Gasteiger partial charge is 0.251 e. The molecule has 9 heteroatoms. The molecule has 7 nitrogen and oxygen atoms in total. The summed E-state index contributed by atoms with van der Waals surface area (Å²) < 4.78 is 23.3. The van der Waals surface area contributed by atoms with Gasteiger partial charge in [0.2, 0.25) is 0 Å². The number of carbonyl (C=O) groups excluding carboxylic acids is 1. The summed E-state index contributed by atoms with van der Waals surface area (Å²) in [4.78, 5) is 19.4. The van der Waals surface area contributed by atoms with Crippen molar-refractivity contribution in [3.05, 3.63) is 29.8 Å². The number of likely N-dealkylation sites (tertiary alicyclic amines) is 1. The number of benzene rings is 1. The van der Waals surface area contributed by atoms with Crippen molar-refractivity contribution in [2.75, 3.05) is 29.9 Å². The average Bonchev–Trinajstić information content (AvgIpc) is 3.17. The van der Waals surface area contributed by atoms with E-state index >= 15 is 0 Å². The van der Waals surface area contributed by atoms with Gasteiger partial charge in [0.1, 0.15) is 0 Å². The third-order valence-electron chi connectivity index (χ3n) is 6.25. The Hall–Kier alpha value is -1.58. The summed E-state index contributed by atoms with van der Waals surface area (Å²) in [6, 6.07) is 8.33. The third kappa shape index (κ3) is 5.00. The molecule has 164 valence electrons. The zero-order valence-electron chi connectivity index (χ0n) is 17.5. The molecule has 2 N–H and O–H groups in total. The molecule has 1 aromatic rings. The Morgan fingerprint density at radius 2 is 1.87 bits per heavy atom. The van der Waals surface area contributed by atoms with Crippen LogP contribution in [0.4, 0.5) is 5.69 Å². The van der Waals surface area contributed by atoms with Crippen LogP contribution in [0, 0.1) is 0 Å². The predicted octanol–water partition coefficient (Wildman–Crippen LogP) is 2.36. The van der Waals surface area contributed by atoms with Crippen LogP contribution in [0.15, 0.2) is 29.3 Å². The number of amidine groups is 1. The summed E-state index contributed by atoms with van der Waals surface area (Å²) in [5.74, 6) is 0.279. The van der Waals surface area contributed by atoms with Crippen LogP contribution in [-0.4, -0.2) is 72.4 Å². The maximum Gasteiger partial charge on any atom is 0.251 e. The van der Waals surface area contributed by atoms with Gasteiger partial charge in [0.05, 0.1) is 17.5 Å². The van der Waals surface area contributed by atoms with Crippen LogP contribution in [0.1, 0.15) is 43.5 Å². The van der Waals surface area contributed by atoms with E-state index in [4.69, 9.17) is 0 Å². The van der Waals surface area contributed by atoms with Crippen molar-refractivity contribution in [2.45, 2.75) is 56.5 Å². The molecule has 3 heterocycles. The van der Waals surface area contributed by atoms with Gasteiger partial charge in [0.25, 0.3) is 5.91 Å². The van der Waals surface area contributed by atoms with E-state index in [1.807, 2.05) is 12.1 Å². The van der Waals surface area contributed by atoms with Crippen molar-refractivity contribution in [2.24, 2.45) is 4.99 Å². The summed E-state index contributed by atoms with van der Waals surface area (Å²) in [5.41, 5.74) is 1.47. The first-order valence-electron chi connectivity index (χ1n) is 10.7. The molecule has 1 amide bonds. The van der Waals surface area contributed by atoms with Crippen molar-refractivity contribution in [1.82, 2.24) is 10.2 Å². The molecule has 0 bridgehead atoms. The van der Waals surface area contributed by atoms with E-state index in [-0.39, 0.29) is 28.7 Å². The Bertz CT molecular complexity index is 907. The molecule has 0 radical (unpaired) electrons. The number of piperidine rings is 1. The molecular formula is C21H30N4O3S2. The van der Waals surface area contributed by atoms with Crippen molar-refractivity contribution in [1.29, 1.82) is 0 Å². The van der Waals surface area contributed by atoms with Gasteiger partial charge >= 0.3 is 0 Å². The molecule has 3 aliphatic heterocycles. The minimum absolute atomic E-state index is 0.0212. The lowest BCUT2D eigenvalue weighted by Crippen LogP contribution is -2.47. The number of anilines is 1. The molecule has 4 atom stereocenters. The zero-order chi connectivity index (χ0) is 21.3.